The zero-order chi connectivity index (χ0) is 9.80. The Bertz CT molecular complexity index is 395. The molecule has 0 aliphatic rings. The second-order valence-corrected chi connectivity index (χ2v) is 3.31. The summed E-state index contributed by atoms with van der Waals surface area (Å²) in [5, 5.41) is 10.9. The third-order valence-electron chi connectivity index (χ3n) is 2.17. The molecule has 0 heterocycles. The summed E-state index contributed by atoms with van der Waals surface area (Å²) in [5.74, 6) is 0.0711. The first kappa shape index (κ1) is 12.9. The molecule has 0 saturated carbocycles. The minimum Gasteiger partial charge on any atom is -0.872 e. The summed E-state index contributed by atoms with van der Waals surface area (Å²) >= 11 is 0. The van der Waals surface area contributed by atoms with Crippen molar-refractivity contribution in [3.05, 3.63) is 65.7 Å². The van der Waals surface area contributed by atoms with Crippen LogP contribution in [-0.2, 0) is 6.42 Å². The van der Waals surface area contributed by atoms with Crippen LogP contribution in [0.4, 0.5) is 0 Å². The number of benzene rings is 2. The van der Waals surface area contributed by atoms with Crippen LogP contribution in [0.3, 0.4) is 0 Å². The average Bonchev–Trinajstić information content (AvgIpc) is 2.23. The van der Waals surface area contributed by atoms with E-state index >= 15 is 0 Å². The van der Waals surface area contributed by atoms with Crippen molar-refractivity contribution in [3.63, 3.8) is 0 Å². The van der Waals surface area contributed by atoms with Crippen molar-refractivity contribution < 1.29 is 56.5 Å². The van der Waals surface area contributed by atoms with Gasteiger partial charge < -0.3 is 5.11 Å². The standard InChI is InChI=1S/C13H12O.K/c14-13-8-6-12(7-9-13)10-11-4-2-1-3-5-11;/h1-9,14H,10H2;/q;+1/p-1. The number of hydrogen-bond donors (Lipinski definition) is 0. The summed E-state index contributed by atoms with van der Waals surface area (Å²) in [6, 6.07) is 17.2. The quantitative estimate of drug-likeness (QED) is 0.620. The van der Waals surface area contributed by atoms with Gasteiger partial charge in [0, 0.05) is 0 Å². The van der Waals surface area contributed by atoms with Gasteiger partial charge in [-0.25, -0.2) is 0 Å². The molecule has 0 aliphatic heterocycles. The Morgan fingerprint density at radius 2 is 1.27 bits per heavy atom. The minimum absolute atomic E-state index is 0. The summed E-state index contributed by atoms with van der Waals surface area (Å²) in [6.07, 6.45) is 0.890. The predicted octanol–water partition coefficient (Wildman–Crippen LogP) is -0.645. The molecule has 70 valence electrons. The van der Waals surface area contributed by atoms with Gasteiger partial charge in [0.25, 0.3) is 0 Å². The zero-order valence-electron chi connectivity index (χ0n) is 8.81. The minimum atomic E-state index is 0. The predicted molar refractivity (Wildman–Crippen MR) is 55.1 cm³/mol. The topological polar surface area (TPSA) is 23.1 Å². The van der Waals surface area contributed by atoms with Crippen molar-refractivity contribution >= 4 is 0 Å². The Morgan fingerprint density at radius 3 is 1.87 bits per heavy atom. The first-order chi connectivity index (χ1) is 6.84. The second-order valence-electron chi connectivity index (χ2n) is 3.31. The Kier molecular flexibility index (Phi) is 5.57. The summed E-state index contributed by atoms with van der Waals surface area (Å²) in [5.41, 5.74) is 2.45. The fourth-order valence-electron chi connectivity index (χ4n) is 1.44. The van der Waals surface area contributed by atoms with Crippen LogP contribution < -0.4 is 56.5 Å². The summed E-state index contributed by atoms with van der Waals surface area (Å²) < 4.78 is 0. The van der Waals surface area contributed by atoms with Gasteiger partial charge in [0.2, 0.25) is 0 Å². The molecule has 0 amide bonds. The molecule has 2 heteroatoms. The van der Waals surface area contributed by atoms with E-state index < -0.39 is 0 Å². The van der Waals surface area contributed by atoms with Crippen molar-refractivity contribution in [2.45, 2.75) is 6.42 Å². The molecule has 1 nitrogen and oxygen atoms in total. The molecule has 2 rings (SSSR count). The van der Waals surface area contributed by atoms with E-state index in [0.717, 1.165) is 6.42 Å². The summed E-state index contributed by atoms with van der Waals surface area (Å²) in [6.45, 7) is 0. The third kappa shape index (κ3) is 4.09. The van der Waals surface area contributed by atoms with Crippen LogP contribution in [-0.4, -0.2) is 0 Å². The molecule has 0 radical (unpaired) electrons. The first-order valence-electron chi connectivity index (χ1n) is 4.64. The molecule has 0 N–H and O–H groups in total. The van der Waals surface area contributed by atoms with E-state index in [0.29, 0.717) is 0 Å². The molecule has 0 spiro atoms. The molecule has 0 fully saturated rings. The first-order valence-corrected chi connectivity index (χ1v) is 4.64. The van der Waals surface area contributed by atoms with Crippen molar-refractivity contribution in [3.8, 4) is 5.75 Å². The summed E-state index contributed by atoms with van der Waals surface area (Å²) in [4.78, 5) is 0. The van der Waals surface area contributed by atoms with Crippen LogP contribution in [0.15, 0.2) is 54.6 Å². The second kappa shape index (κ2) is 6.46. The fourth-order valence-corrected chi connectivity index (χ4v) is 1.44. The normalized spacial score (nSPS) is 9.33. The Morgan fingerprint density at radius 1 is 0.733 bits per heavy atom. The SMILES string of the molecule is [K+].[O-]c1ccc(Cc2ccccc2)cc1. The van der Waals surface area contributed by atoms with Crippen LogP contribution in [0.25, 0.3) is 0 Å². The molecule has 0 aliphatic carbocycles. The molecule has 0 atom stereocenters. The molecule has 15 heavy (non-hydrogen) atoms. The van der Waals surface area contributed by atoms with E-state index in [4.69, 9.17) is 0 Å². The van der Waals surface area contributed by atoms with Gasteiger partial charge in [0.05, 0.1) is 0 Å². The Labute approximate surface area is 133 Å². The zero-order valence-corrected chi connectivity index (χ0v) is 11.9. The van der Waals surface area contributed by atoms with E-state index in [2.05, 4.69) is 12.1 Å². The third-order valence-corrected chi connectivity index (χ3v) is 2.17. The van der Waals surface area contributed by atoms with Crippen LogP contribution in [0.2, 0.25) is 0 Å². The molecule has 0 saturated heterocycles. The monoisotopic (exact) mass is 222 g/mol. The largest absolute Gasteiger partial charge is 1.00 e. The Balaban J connectivity index is 0.00000112. The van der Waals surface area contributed by atoms with Crippen LogP contribution >= 0.6 is 0 Å². The summed E-state index contributed by atoms with van der Waals surface area (Å²) in [7, 11) is 0. The van der Waals surface area contributed by atoms with Gasteiger partial charge in [0.15, 0.2) is 0 Å². The van der Waals surface area contributed by atoms with Crippen LogP contribution in [0.5, 0.6) is 5.75 Å². The van der Waals surface area contributed by atoms with Gasteiger partial charge in [-0.1, -0.05) is 54.6 Å². The van der Waals surface area contributed by atoms with Crippen molar-refractivity contribution in [1.29, 1.82) is 0 Å². The molecular formula is C13H11KO. The van der Waals surface area contributed by atoms with E-state index in [1.807, 2.05) is 30.3 Å². The van der Waals surface area contributed by atoms with Crippen LogP contribution in [0, 0.1) is 0 Å². The van der Waals surface area contributed by atoms with Gasteiger partial charge in [-0.2, -0.15) is 0 Å². The van der Waals surface area contributed by atoms with E-state index in [1.54, 1.807) is 12.1 Å². The van der Waals surface area contributed by atoms with Crippen LogP contribution in [0.1, 0.15) is 11.1 Å². The molecular weight excluding hydrogens is 211 g/mol. The van der Waals surface area contributed by atoms with E-state index in [9.17, 15) is 5.11 Å². The van der Waals surface area contributed by atoms with Gasteiger partial charge in [0.1, 0.15) is 0 Å². The maximum Gasteiger partial charge on any atom is 1.00 e. The average molecular weight is 222 g/mol. The van der Waals surface area contributed by atoms with Gasteiger partial charge in [-0.15, -0.1) is 5.75 Å². The number of rotatable bonds is 2. The Hall–Kier alpha value is -0.124. The molecule has 0 bridgehead atoms. The van der Waals surface area contributed by atoms with E-state index in [-0.39, 0.29) is 57.1 Å². The van der Waals surface area contributed by atoms with E-state index in [1.165, 1.54) is 11.1 Å². The van der Waals surface area contributed by atoms with Gasteiger partial charge in [-0.3, -0.25) is 0 Å². The van der Waals surface area contributed by atoms with Crippen molar-refractivity contribution in [2.24, 2.45) is 0 Å². The fraction of sp³-hybridized carbons (Fsp3) is 0.0769. The van der Waals surface area contributed by atoms with Gasteiger partial charge in [-0.05, 0) is 17.5 Å². The smallest absolute Gasteiger partial charge is 0.872 e. The number of hydrogen-bond acceptors (Lipinski definition) is 1. The molecule has 0 unspecified atom stereocenters. The van der Waals surface area contributed by atoms with Gasteiger partial charge >= 0.3 is 51.4 Å². The maximum atomic E-state index is 10.9. The van der Waals surface area contributed by atoms with Crippen molar-refractivity contribution in [2.75, 3.05) is 0 Å². The molecule has 0 aromatic heterocycles. The molecule has 2 aromatic carbocycles. The maximum absolute atomic E-state index is 10.9. The molecule has 2 aromatic rings. The van der Waals surface area contributed by atoms with Crippen molar-refractivity contribution in [1.82, 2.24) is 0 Å².